The Balaban J connectivity index is 0.0000204. The molecule has 25 nitrogen and oxygen atoms in total. The summed E-state index contributed by atoms with van der Waals surface area (Å²) in [5.74, 6) is 0.393. The van der Waals surface area contributed by atoms with E-state index in [1.165, 1.54) is 25.3 Å². The fourth-order valence-corrected chi connectivity index (χ4v) is 13.5. The number of aliphatic hydroxyl groups is 12. The first-order valence-corrected chi connectivity index (χ1v) is 37.0. The van der Waals surface area contributed by atoms with Gasteiger partial charge in [-0.2, -0.15) is 0 Å². The van der Waals surface area contributed by atoms with Gasteiger partial charge in [0.25, 0.3) is 0 Å². The number of allylic oxidation sites excluding steroid dienone is 7. The van der Waals surface area contributed by atoms with Gasteiger partial charge in [0.2, 0.25) is 10.4 Å². The molecule has 560 valence electrons. The Hall–Kier alpha value is -1.85. The summed E-state index contributed by atoms with van der Waals surface area (Å²) in [6.07, 6.45) is 5.76. The summed E-state index contributed by atoms with van der Waals surface area (Å²) in [7, 11) is -5.27. The molecule has 98 heavy (non-hydrogen) atoms. The molecule has 5 aliphatic heterocycles. The van der Waals surface area contributed by atoms with E-state index in [2.05, 4.69) is 67.6 Å². The third kappa shape index (κ3) is 33.9. The van der Waals surface area contributed by atoms with Gasteiger partial charge in [0, 0.05) is 44.9 Å². The number of unbranched alkanes of at least 4 members (excludes halogenated alkanes) is 6. The third-order valence-electron chi connectivity index (χ3n) is 19.0. The Morgan fingerprint density at radius 1 is 0.602 bits per heavy atom. The molecule has 27 heteroatoms. The van der Waals surface area contributed by atoms with Crippen LogP contribution in [0.4, 0.5) is 0 Å². The number of carbonyl (C=O) groups is 2. The number of Topliss-reactive ketones (excluding diaryl/α,β-unsaturated/α-hetero) is 2. The molecule has 0 aromatic rings. The van der Waals surface area contributed by atoms with Crippen LogP contribution < -0.4 is 29.6 Å². The van der Waals surface area contributed by atoms with E-state index in [0.717, 1.165) is 96.3 Å². The molecule has 0 aliphatic carbocycles. The SMILES string of the molecule is C=CCC[C@@H]1O[C@H]1CC(=C)CC[C@@H]1O[C@H]1CCCC/C=C/CC/C=C/CC(C)/C=C/CC(C)CCCCCCC(=O)CCCC(CC(O)CC(=O)CC(O)CCC(O)[C@@H]1C[C@H](O)[C@H](OS(=O)(=O)[O-])[C@@H](CC(C)O)O1)O[C@@H]1O[C@H](CO[C@@H]2O[C@H](CO)[C@@H](O)[C@H](O)[C@H]2O)[C@@H](O)[C@H](O)[C@H]1O.[Na+]. The normalized spacial score (nSPS) is 31.9. The molecule has 5 saturated heterocycles. The van der Waals surface area contributed by atoms with Gasteiger partial charge in [-0.05, 0) is 128 Å². The summed E-state index contributed by atoms with van der Waals surface area (Å²) in [6.45, 7) is 12.5. The van der Waals surface area contributed by atoms with Gasteiger partial charge in [-0.15, -0.1) is 6.58 Å². The molecule has 0 amide bonds. The molecule has 5 fully saturated rings. The zero-order valence-corrected chi connectivity index (χ0v) is 61.2. The van der Waals surface area contributed by atoms with Gasteiger partial charge in [0.1, 0.15) is 66.5 Å². The molecular weight excluding hydrogens is 1310 g/mol. The van der Waals surface area contributed by atoms with Crippen LogP contribution in [0, 0.1) is 11.8 Å². The van der Waals surface area contributed by atoms with E-state index in [-0.39, 0.29) is 86.7 Å². The van der Waals surface area contributed by atoms with E-state index in [1.807, 2.05) is 6.08 Å². The molecule has 5 heterocycles. The molecule has 0 radical (unpaired) electrons. The maximum Gasteiger partial charge on any atom is 1.00 e. The molecule has 0 spiro atoms. The van der Waals surface area contributed by atoms with E-state index in [4.69, 9.17) is 33.2 Å². The van der Waals surface area contributed by atoms with Gasteiger partial charge < -0.3 is 99.0 Å². The van der Waals surface area contributed by atoms with Crippen LogP contribution in [0.25, 0.3) is 0 Å². The average molecular weight is 1430 g/mol. The average Bonchev–Trinajstić information content (AvgIpc) is 1.31. The Bertz CT molecular complexity index is 2470. The van der Waals surface area contributed by atoms with Gasteiger partial charge in [-0.3, -0.25) is 13.8 Å². The molecule has 0 saturated carbocycles. The molecule has 5 aliphatic rings. The topological polar surface area (TPSA) is 415 Å². The van der Waals surface area contributed by atoms with E-state index < -0.39 is 159 Å². The maximum atomic E-state index is 13.2. The fraction of sp³-hybridized carbons (Fsp3) is 0.831. The van der Waals surface area contributed by atoms with Crippen LogP contribution in [0.1, 0.15) is 207 Å². The van der Waals surface area contributed by atoms with Crippen LogP contribution >= 0.6 is 0 Å². The first kappa shape index (κ1) is 88.5. The van der Waals surface area contributed by atoms with E-state index in [9.17, 15) is 83.8 Å². The third-order valence-corrected chi connectivity index (χ3v) is 19.4. The minimum Gasteiger partial charge on any atom is -0.726 e. The second-order valence-corrected chi connectivity index (χ2v) is 29.0. The minimum absolute atomic E-state index is 0. The second kappa shape index (κ2) is 46.9. The molecule has 5 rings (SSSR count). The first-order chi connectivity index (χ1) is 46.2. The van der Waals surface area contributed by atoms with Crippen LogP contribution in [0.5, 0.6) is 0 Å². The number of aliphatic hydroxyl groups excluding tert-OH is 12. The molecule has 0 aromatic heterocycles. The maximum absolute atomic E-state index is 13.2. The zero-order chi connectivity index (χ0) is 71.2. The standard InChI is InChI=1S/C71H120O25S.Na/c1-6-7-30-56-59(92-56)36-46(4)32-35-57-55(91-57)31-20-14-12-10-8-9-11-13-17-23-44(2)25-21-26-45(3)24-18-15-16-19-27-48(74)28-22-29-52(90-71-68(85)66(83)64(81)62(95-71)43-89-70-67(84)65(82)63(80)61(42-72)94-70)40-51(77)39-50(76)38-49(75)33-34-53(78)58-41-54(79)69(96-97(86,87)88)60(93-58)37-47(5)73;/h6,8,10,13,17,21,25,44-45,47,49,51-73,75,77-85H,1,4,7,9,11-12,14-16,18-20,22-24,26-43H2,2-3,5H3,(H,86,87,88);/q;+1/p-1/b10-8+,17-13+,25-21+;/t44?,45?,47?,49?,51?,52?,53?,54-,55-,56-,57-,58-,59-,60+,61+,62+,63+,64+,65-,66-,67+,68+,69-,70+,71+;/m0./s1. The summed E-state index contributed by atoms with van der Waals surface area (Å²) in [5.41, 5.74) is 1.28. The predicted molar refractivity (Wildman–Crippen MR) is 357 cm³/mol. The van der Waals surface area contributed by atoms with Gasteiger partial charge in [0.05, 0.1) is 86.5 Å². The van der Waals surface area contributed by atoms with Crippen molar-refractivity contribution in [2.24, 2.45) is 11.8 Å². The fourth-order valence-electron chi connectivity index (χ4n) is 13.0. The summed E-state index contributed by atoms with van der Waals surface area (Å²) >= 11 is 0. The van der Waals surface area contributed by atoms with Gasteiger partial charge >= 0.3 is 29.6 Å². The van der Waals surface area contributed by atoms with Crippen molar-refractivity contribution in [3.8, 4) is 0 Å². The number of epoxide rings is 2. The summed E-state index contributed by atoms with van der Waals surface area (Å²) < 4.78 is 78.8. The zero-order valence-electron chi connectivity index (χ0n) is 58.4. The Labute approximate surface area is 603 Å². The van der Waals surface area contributed by atoms with E-state index in [1.54, 1.807) is 0 Å². The number of rotatable bonds is 52. The van der Waals surface area contributed by atoms with Crippen molar-refractivity contribution in [3.05, 3.63) is 61.3 Å². The summed E-state index contributed by atoms with van der Waals surface area (Å²) in [4.78, 5) is 26.4. The number of ketones is 2. The van der Waals surface area contributed by atoms with Gasteiger partial charge in [0.15, 0.2) is 12.6 Å². The van der Waals surface area contributed by atoms with Gasteiger partial charge in [-0.1, -0.05) is 101 Å². The molecule has 25 atom stereocenters. The van der Waals surface area contributed by atoms with Crippen LogP contribution in [-0.2, 0) is 57.3 Å². The largest absolute Gasteiger partial charge is 1.00 e. The van der Waals surface area contributed by atoms with E-state index >= 15 is 0 Å². The van der Waals surface area contributed by atoms with Crippen molar-refractivity contribution in [2.75, 3.05) is 13.2 Å². The summed E-state index contributed by atoms with van der Waals surface area (Å²) in [6, 6.07) is 0. The molecule has 12 N–H and O–H groups in total. The molecular formula is C71H119NaO25S. The quantitative estimate of drug-likeness (QED) is 0.0104. The smallest absolute Gasteiger partial charge is 0.726 e. The van der Waals surface area contributed by atoms with Crippen LogP contribution in [0.3, 0.4) is 0 Å². The van der Waals surface area contributed by atoms with Crippen molar-refractivity contribution in [1.82, 2.24) is 0 Å². The number of hydrogen-bond donors (Lipinski definition) is 12. The van der Waals surface area contributed by atoms with Crippen LogP contribution in [-0.4, -0.2) is 240 Å². The van der Waals surface area contributed by atoms with Crippen LogP contribution in [0.15, 0.2) is 61.3 Å². The van der Waals surface area contributed by atoms with Crippen LogP contribution in [0.2, 0.25) is 0 Å². The van der Waals surface area contributed by atoms with Crippen molar-refractivity contribution < 1.29 is 151 Å². The molecule has 0 aromatic carbocycles. The Kier molecular flexibility index (Phi) is 42.3. The van der Waals surface area contributed by atoms with Crippen molar-refractivity contribution in [3.63, 3.8) is 0 Å². The number of carbonyl (C=O) groups excluding carboxylic acids is 2. The first-order valence-electron chi connectivity index (χ1n) is 35.7. The van der Waals surface area contributed by atoms with Crippen molar-refractivity contribution in [1.29, 1.82) is 0 Å². The minimum atomic E-state index is -5.27. The number of ether oxygens (including phenoxy) is 7. The Morgan fingerprint density at radius 2 is 1.23 bits per heavy atom. The number of hydrogen-bond acceptors (Lipinski definition) is 25. The van der Waals surface area contributed by atoms with Gasteiger partial charge in [-0.25, -0.2) is 8.42 Å². The van der Waals surface area contributed by atoms with Crippen molar-refractivity contribution in [2.45, 2.75) is 348 Å². The van der Waals surface area contributed by atoms with E-state index in [0.29, 0.717) is 49.1 Å². The second-order valence-electron chi connectivity index (χ2n) is 28.0. The Morgan fingerprint density at radius 3 is 1.94 bits per heavy atom. The molecule has 0 bridgehead atoms. The predicted octanol–water partition coefficient (Wildman–Crippen LogP) is 2.11. The molecule has 7 unspecified atom stereocenters. The monoisotopic (exact) mass is 1430 g/mol. The summed E-state index contributed by atoms with van der Waals surface area (Å²) in [5, 5.41) is 127. The van der Waals surface area contributed by atoms with Crippen molar-refractivity contribution >= 4 is 22.0 Å².